The Morgan fingerprint density at radius 3 is 1.30 bits per heavy atom. The third-order valence-corrected chi connectivity index (χ3v) is 6.86. The largest absolute Gasteiger partial charge is 0.462 e. The van der Waals surface area contributed by atoms with Crippen molar-refractivity contribution < 1.29 is 14.0 Å². The number of hydrogen-bond acceptors (Lipinski definition) is 2. The van der Waals surface area contributed by atoms with Crippen LogP contribution >= 0.6 is 0 Å². The summed E-state index contributed by atoms with van der Waals surface area (Å²) in [5.41, 5.74) is 0.492. The maximum Gasteiger partial charge on any atom is 0.333 e. The molecule has 0 aromatic carbocycles. The van der Waals surface area contributed by atoms with Crippen molar-refractivity contribution in [1.82, 2.24) is 0 Å². The Bertz CT molecular complexity index is 458. The molecule has 0 aliphatic heterocycles. The van der Waals surface area contributed by atoms with Crippen molar-refractivity contribution in [2.45, 2.75) is 142 Å². The monoisotopic (exact) mass is 466 g/mol. The molecule has 0 heterocycles. The van der Waals surface area contributed by atoms with Crippen molar-refractivity contribution in [1.29, 1.82) is 0 Å². The van der Waals surface area contributed by atoms with E-state index in [0.29, 0.717) is 12.2 Å². The van der Waals surface area contributed by atoms with Crippen LogP contribution in [-0.4, -0.2) is 44.2 Å². The van der Waals surface area contributed by atoms with Gasteiger partial charge in [0.1, 0.15) is 0 Å². The van der Waals surface area contributed by atoms with Gasteiger partial charge in [0.15, 0.2) is 0 Å². The molecular weight excluding hydrogens is 406 g/mol. The topological polar surface area (TPSA) is 26.3 Å². The summed E-state index contributed by atoms with van der Waals surface area (Å²) in [6.45, 7) is 10.8. The summed E-state index contributed by atoms with van der Waals surface area (Å²) in [5.74, 6) is -0.254. The van der Waals surface area contributed by atoms with Gasteiger partial charge in [0, 0.05) is 5.57 Å². The lowest BCUT2D eigenvalue weighted by Gasteiger charge is -2.30. The predicted octanol–water partition coefficient (Wildman–Crippen LogP) is 9.00. The first-order valence-corrected chi connectivity index (χ1v) is 14.5. The van der Waals surface area contributed by atoms with Gasteiger partial charge >= 0.3 is 5.97 Å². The number of carbonyl (C=O) groups is 1. The second kappa shape index (κ2) is 22.9. The molecule has 196 valence electrons. The van der Waals surface area contributed by atoms with Gasteiger partial charge in [0.05, 0.1) is 33.8 Å². The lowest BCUT2D eigenvalue weighted by molar-refractivity contribution is -0.890. The molecule has 0 N–H and O–H groups in total. The van der Waals surface area contributed by atoms with Gasteiger partial charge in [-0.15, -0.1) is 0 Å². The van der Waals surface area contributed by atoms with Crippen LogP contribution in [0.5, 0.6) is 0 Å². The first-order chi connectivity index (χ1) is 15.9. The zero-order chi connectivity index (χ0) is 24.6. The molecule has 0 radical (unpaired) electrons. The fraction of sp³-hybridized carbons (Fsp3) is 0.900. The van der Waals surface area contributed by atoms with Crippen LogP contribution in [0.1, 0.15) is 142 Å². The number of hydrogen-bond donors (Lipinski definition) is 0. The Morgan fingerprint density at radius 1 is 0.606 bits per heavy atom. The zero-order valence-electron chi connectivity index (χ0n) is 23.2. The highest BCUT2D eigenvalue weighted by molar-refractivity contribution is 5.86. The molecule has 0 amide bonds. The quantitative estimate of drug-likeness (QED) is 0.0580. The van der Waals surface area contributed by atoms with Crippen molar-refractivity contribution in [3.05, 3.63) is 12.2 Å². The second-order valence-corrected chi connectivity index (χ2v) is 11.0. The highest BCUT2D eigenvalue weighted by Gasteiger charge is 2.13. The smallest absolute Gasteiger partial charge is 0.333 e. The molecular formula is C30H60NO2+. The molecule has 0 aliphatic rings. The van der Waals surface area contributed by atoms with Gasteiger partial charge in [0.2, 0.25) is 0 Å². The molecule has 0 bridgehead atoms. The maximum absolute atomic E-state index is 11.3. The van der Waals surface area contributed by atoms with Crippen molar-refractivity contribution in [3.63, 3.8) is 0 Å². The van der Waals surface area contributed by atoms with E-state index in [1.165, 1.54) is 133 Å². The van der Waals surface area contributed by atoms with Crippen LogP contribution in [0.2, 0.25) is 0 Å². The van der Waals surface area contributed by atoms with Crippen LogP contribution in [0.4, 0.5) is 0 Å². The average molecular weight is 467 g/mol. The number of quaternary nitrogens is 1. The lowest BCUT2D eigenvalue weighted by Crippen LogP contribution is -2.41. The molecule has 0 aliphatic carbocycles. The Balaban J connectivity index is 3.34. The summed E-state index contributed by atoms with van der Waals surface area (Å²) in [4.78, 5) is 11.3. The number of nitrogens with zero attached hydrogens (tertiary/aromatic N) is 1. The number of unbranched alkanes of at least 4 members (excludes halogenated alkanes) is 18. The van der Waals surface area contributed by atoms with E-state index in [4.69, 9.17) is 4.74 Å². The van der Waals surface area contributed by atoms with Gasteiger partial charge in [-0.2, -0.15) is 0 Å². The van der Waals surface area contributed by atoms with E-state index >= 15 is 0 Å². The van der Waals surface area contributed by atoms with Crippen LogP contribution in [0.15, 0.2) is 12.2 Å². The minimum Gasteiger partial charge on any atom is -0.462 e. The van der Waals surface area contributed by atoms with E-state index in [9.17, 15) is 4.79 Å². The number of esters is 1. The van der Waals surface area contributed by atoms with Gasteiger partial charge < -0.3 is 9.22 Å². The van der Waals surface area contributed by atoms with Gasteiger partial charge in [-0.1, -0.05) is 110 Å². The highest BCUT2D eigenvalue weighted by Crippen LogP contribution is 2.14. The number of carbonyl (C=O) groups excluding carboxylic acids is 1. The first kappa shape index (κ1) is 32.2. The summed E-state index contributed by atoms with van der Waals surface area (Å²) in [6.07, 6.45) is 27.3. The second-order valence-electron chi connectivity index (χ2n) is 11.0. The van der Waals surface area contributed by atoms with Crippen LogP contribution in [0, 0.1) is 0 Å². The number of rotatable bonds is 25. The van der Waals surface area contributed by atoms with Crippen LogP contribution in [0.25, 0.3) is 0 Å². The van der Waals surface area contributed by atoms with Crippen LogP contribution in [-0.2, 0) is 9.53 Å². The van der Waals surface area contributed by atoms with Gasteiger partial charge in [-0.05, 0) is 39.0 Å². The predicted molar refractivity (Wildman–Crippen MR) is 146 cm³/mol. The van der Waals surface area contributed by atoms with Crippen molar-refractivity contribution in [2.75, 3.05) is 33.8 Å². The molecule has 0 rings (SSSR count). The minimum absolute atomic E-state index is 0.254. The third-order valence-electron chi connectivity index (χ3n) is 6.86. The molecule has 0 aromatic heterocycles. The zero-order valence-corrected chi connectivity index (χ0v) is 23.2. The molecule has 33 heavy (non-hydrogen) atoms. The molecule has 0 aromatic rings. The van der Waals surface area contributed by atoms with E-state index in [-0.39, 0.29) is 5.97 Å². The molecule has 0 saturated heterocycles. The minimum atomic E-state index is -0.254. The molecule has 3 nitrogen and oxygen atoms in total. The summed E-state index contributed by atoms with van der Waals surface area (Å²) >= 11 is 0. The van der Waals surface area contributed by atoms with Crippen molar-refractivity contribution in [2.24, 2.45) is 0 Å². The van der Waals surface area contributed by atoms with Gasteiger partial charge in [0.25, 0.3) is 0 Å². The molecule has 0 unspecified atom stereocenters. The van der Waals surface area contributed by atoms with Gasteiger partial charge in [-0.3, -0.25) is 0 Å². The summed E-state index contributed by atoms with van der Waals surface area (Å²) in [6, 6.07) is 0. The van der Waals surface area contributed by atoms with E-state index in [0.717, 1.165) is 12.8 Å². The Hall–Kier alpha value is -0.830. The van der Waals surface area contributed by atoms with E-state index < -0.39 is 0 Å². The summed E-state index contributed by atoms with van der Waals surface area (Å²) < 4.78 is 6.33. The number of ether oxygens (including phenoxy) is 1. The standard InChI is InChI=1S/C30H60NO2/c1-6-7-8-9-10-11-14-17-20-23-26-31(4,5)27-24-21-18-15-12-13-16-19-22-25-28-33-30(32)29(2)3/h2,6-28H2,1,3-5H3/q+1. The lowest BCUT2D eigenvalue weighted by atomic mass is 10.1. The van der Waals surface area contributed by atoms with Crippen molar-refractivity contribution >= 4 is 5.97 Å². The van der Waals surface area contributed by atoms with Crippen LogP contribution in [0.3, 0.4) is 0 Å². The van der Waals surface area contributed by atoms with Crippen molar-refractivity contribution in [3.8, 4) is 0 Å². The SMILES string of the molecule is C=C(C)C(=O)OCCCCCCCCCCCC[N+](C)(C)CCCCCCCCCCCC. The molecule has 0 fully saturated rings. The highest BCUT2D eigenvalue weighted by atomic mass is 16.5. The van der Waals surface area contributed by atoms with E-state index in [1.54, 1.807) is 6.92 Å². The van der Waals surface area contributed by atoms with Gasteiger partial charge in [-0.25, -0.2) is 4.79 Å². The average Bonchev–Trinajstić information content (AvgIpc) is 2.77. The van der Waals surface area contributed by atoms with E-state index in [2.05, 4.69) is 27.6 Å². The first-order valence-electron chi connectivity index (χ1n) is 14.5. The summed E-state index contributed by atoms with van der Waals surface area (Å²) in [7, 11) is 4.85. The Morgan fingerprint density at radius 2 is 0.939 bits per heavy atom. The molecule has 0 saturated carbocycles. The van der Waals surface area contributed by atoms with Crippen LogP contribution < -0.4 is 0 Å². The molecule has 0 spiro atoms. The maximum atomic E-state index is 11.3. The fourth-order valence-corrected chi connectivity index (χ4v) is 4.48. The van der Waals surface area contributed by atoms with E-state index in [1.807, 2.05) is 0 Å². The summed E-state index contributed by atoms with van der Waals surface area (Å²) in [5, 5.41) is 0. The molecule has 3 heteroatoms. The molecule has 0 atom stereocenters. The third kappa shape index (κ3) is 24.1. The Kier molecular flexibility index (Phi) is 22.4. The normalized spacial score (nSPS) is 11.6. The fourth-order valence-electron chi connectivity index (χ4n) is 4.48. The Labute approximate surface area is 208 Å².